The Balaban J connectivity index is 1.74. The third kappa shape index (κ3) is 2.99. The van der Waals surface area contributed by atoms with Gasteiger partial charge in [0.05, 0.1) is 0 Å². The number of aromatic nitrogens is 1. The molecule has 1 aliphatic carbocycles. The fourth-order valence-electron chi connectivity index (χ4n) is 2.62. The number of ether oxygens (including phenoxy) is 1. The Morgan fingerprint density at radius 1 is 1.15 bits per heavy atom. The summed E-state index contributed by atoms with van der Waals surface area (Å²) in [6, 6.07) is 10.4. The van der Waals surface area contributed by atoms with E-state index in [2.05, 4.69) is 29.4 Å². The number of hydrogen-bond donors (Lipinski definition) is 1. The molecule has 104 valence electrons. The molecule has 0 atom stereocenters. The molecule has 1 N–H and O–H groups in total. The maximum atomic E-state index is 5.89. The van der Waals surface area contributed by atoms with E-state index in [9.17, 15) is 0 Å². The third-order valence-corrected chi connectivity index (χ3v) is 3.67. The molecule has 3 nitrogen and oxygen atoms in total. The molecule has 1 heterocycles. The molecule has 0 aliphatic heterocycles. The van der Waals surface area contributed by atoms with Gasteiger partial charge in [0.2, 0.25) is 5.88 Å². The van der Waals surface area contributed by atoms with E-state index in [1.54, 1.807) is 6.20 Å². The second-order valence-corrected chi connectivity index (χ2v) is 5.17. The summed E-state index contributed by atoms with van der Waals surface area (Å²) in [5.74, 6) is 1.55. The Kier molecular flexibility index (Phi) is 3.97. The predicted molar refractivity (Wildman–Crippen MR) is 80.2 cm³/mol. The van der Waals surface area contributed by atoms with E-state index in [1.807, 2.05) is 18.2 Å². The van der Waals surface area contributed by atoms with E-state index in [4.69, 9.17) is 4.74 Å². The van der Waals surface area contributed by atoms with Gasteiger partial charge in [-0.3, -0.25) is 0 Å². The summed E-state index contributed by atoms with van der Waals surface area (Å²) in [7, 11) is 0. The molecule has 2 aromatic rings. The van der Waals surface area contributed by atoms with Crippen LogP contribution < -0.4 is 10.1 Å². The van der Waals surface area contributed by atoms with Crippen molar-refractivity contribution in [2.45, 2.75) is 32.7 Å². The van der Waals surface area contributed by atoms with Crippen LogP contribution in [-0.2, 0) is 19.4 Å². The van der Waals surface area contributed by atoms with Gasteiger partial charge < -0.3 is 10.1 Å². The average Bonchev–Trinajstić information content (AvgIpc) is 2.93. The molecule has 20 heavy (non-hydrogen) atoms. The van der Waals surface area contributed by atoms with Gasteiger partial charge >= 0.3 is 0 Å². The minimum absolute atomic E-state index is 0.665. The van der Waals surface area contributed by atoms with Crippen molar-refractivity contribution in [3.8, 4) is 11.6 Å². The molecule has 0 unspecified atom stereocenters. The van der Waals surface area contributed by atoms with E-state index in [-0.39, 0.29) is 0 Å². The van der Waals surface area contributed by atoms with Crippen LogP contribution in [0.25, 0.3) is 0 Å². The van der Waals surface area contributed by atoms with Crippen molar-refractivity contribution in [1.82, 2.24) is 10.3 Å². The fourth-order valence-corrected chi connectivity index (χ4v) is 2.62. The standard InChI is InChI=1S/C17H20N2O/c1-2-18-12-13-8-9-19-17(10-13)20-16-7-6-14-4-3-5-15(14)11-16/h6-11,18H,2-5,12H2,1H3. The summed E-state index contributed by atoms with van der Waals surface area (Å²) in [6.45, 7) is 3.91. The number of aryl methyl sites for hydroxylation is 2. The molecule has 1 aliphatic rings. The molecule has 1 aromatic heterocycles. The third-order valence-electron chi connectivity index (χ3n) is 3.67. The van der Waals surface area contributed by atoms with Crippen molar-refractivity contribution < 1.29 is 4.74 Å². The molecular weight excluding hydrogens is 248 g/mol. The number of rotatable bonds is 5. The summed E-state index contributed by atoms with van der Waals surface area (Å²) in [4.78, 5) is 4.29. The number of pyridine rings is 1. The minimum atomic E-state index is 0.665. The molecule has 0 saturated heterocycles. The van der Waals surface area contributed by atoms with Crippen molar-refractivity contribution in [1.29, 1.82) is 0 Å². The quantitative estimate of drug-likeness (QED) is 0.901. The molecule has 1 aromatic carbocycles. The van der Waals surface area contributed by atoms with Gasteiger partial charge in [0.15, 0.2) is 0 Å². The van der Waals surface area contributed by atoms with Crippen molar-refractivity contribution in [2.24, 2.45) is 0 Å². The van der Waals surface area contributed by atoms with Crippen LogP contribution in [-0.4, -0.2) is 11.5 Å². The normalized spacial score (nSPS) is 13.2. The van der Waals surface area contributed by atoms with Gasteiger partial charge in [-0.2, -0.15) is 0 Å². The lowest BCUT2D eigenvalue weighted by Crippen LogP contribution is -2.11. The first-order valence-corrected chi connectivity index (χ1v) is 7.30. The van der Waals surface area contributed by atoms with E-state index in [0.717, 1.165) is 18.8 Å². The summed E-state index contributed by atoms with van der Waals surface area (Å²) in [5.41, 5.74) is 4.08. The first-order chi connectivity index (χ1) is 9.85. The van der Waals surface area contributed by atoms with Gasteiger partial charge in [-0.25, -0.2) is 4.98 Å². The summed E-state index contributed by atoms with van der Waals surface area (Å²) in [6.07, 6.45) is 5.43. The highest BCUT2D eigenvalue weighted by Crippen LogP contribution is 2.28. The second-order valence-electron chi connectivity index (χ2n) is 5.17. The lowest BCUT2D eigenvalue weighted by molar-refractivity contribution is 0.461. The molecule has 0 bridgehead atoms. The van der Waals surface area contributed by atoms with Gasteiger partial charge in [-0.15, -0.1) is 0 Å². The first kappa shape index (κ1) is 13.1. The zero-order valence-electron chi connectivity index (χ0n) is 11.9. The SMILES string of the molecule is CCNCc1ccnc(Oc2ccc3c(c2)CCC3)c1. The highest BCUT2D eigenvalue weighted by molar-refractivity contribution is 5.40. The van der Waals surface area contributed by atoms with Gasteiger partial charge in [-0.1, -0.05) is 13.0 Å². The van der Waals surface area contributed by atoms with Crippen molar-refractivity contribution >= 4 is 0 Å². The molecule has 3 rings (SSSR count). The van der Waals surface area contributed by atoms with Crippen LogP contribution in [0.15, 0.2) is 36.5 Å². The summed E-state index contributed by atoms with van der Waals surface area (Å²) < 4.78 is 5.89. The smallest absolute Gasteiger partial charge is 0.219 e. The largest absolute Gasteiger partial charge is 0.439 e. The molecule has 0 saturated carbocycles. The van der Waals surface area contributed by atoms with Gasteiger partial charge in [0.25, 0.3) is 0 Å². The van der Waals surface area contributed by atoms with E-state index < -0.39 is 0 Å². The second kappa shape index (κ2) is 6.06. The molecule has 0 radical (unpaired) electrons. The Hall–Kier alpha value is -1.87. The summed E-state index contributed by atoms with van der Waals surface area (Å²) in [5, 5.41) is 3.31. The van der Waals surface area contributed by atoms with Crippen molar-refractivity contribution in [2.75, 3.05) is 6.54 Å². The van der Waals surface area contributed by atoms with Crippen molar-refractivity contribution in [3.05, 3.63) is 53.2 Å². The maximum Gasteiger partial charge on any atom is 0.219 e. The van der Waals surface area contributed by atoms with Crippen LogP contribution in [0.4, 0.5) is 0 Å². The molecule has 0 spiro atoms. The average molecular weight is 268 g/mol. The number of nitrogens with one attached hydrogen (secondary N) is 1. The van der Waals surface area contributed by atoms with Crippen molar-refractivity contribution in [3.63, 3.8) is 0 Å². The molecule has 0 amide bonds. The lowest BCUT2D eigenvalue weighted by Gasteiger charge is -2.08. The van der Waals surface area contributed by atoms with E-state index >= 15 is 0 Å². The Morgan fingerprint density at radius 3 is 2.95 bits per heavy atom. The fraction of sp³-hybridized carbons (Fsp3) is 0.353. The zero-order valence-corrected chi connectivity index (χ0v) is 11.9. The van der Waals surface area contributed by atoms with Gasteiger partial charge in [0.1, 0.15) is 5.75 Å². The molecule has 3 heteroatoms. The lowest BCUT2D eigenvalue weighted by atomic mass is 10.1. The van der Waals surface area contributed by atoms with Gasteiger partial charge in [-0.05, 0) is 60.7 Å². The topological polar surface area (TPSA) is 34.2 Å². The van der Waals surface area contributed by atoms with Crippen LogP contribution in [0.3, 0.4) is 0 Å². The number of benzene rings is 1. The van der Waals surface area contributed by atoms with Crippen LogP contribution in [0.2, 0.25) is 0 Å². The predicted octanol–water partition coefficient (Wildman–Crippen LogP) is 3.47. The first-order valence-electron chi connectivity index (χ1n) is 7.30. The molecular formula is C17H20N2O. The minimum Gasteiger partial charge on any atom is -0.439 e. The summed E-state index contributed by atoms with van der Waals surface area (Å²) >= 11 is 0. The van der Waals surface area contributed by atoms with E-state index in [0.29, 0.717) is 5.88 Å². The zero-order chi connectivity index (χ0) is 13.8. The van der Waals surface area contributed by atoms with Crippen LogP contribution in [0.1, 0.15) is 30.0 Å². The van der Waals surface area contributed by atoms with Crippen LogP contribution >= 0.6 is 0 Å². The molecule has 0 fully saturated rings. The number of nitrogens with zero attached hydrogens (tertiary/aromatic N) is 1. The Labute approximate surface area is 120 Å². The Bertz CT molecular complexity index is 595. The Morgan fingerprint density at radius 2 is 2.05 bits per heavy atom. The number of fused-ring (bicyclic) bond motifs is 1. The number of hydrogen-bond acceptors (Lipinski definition) is 3. The van der Waals surface area contributed by atoms with Crippen LogP contribution in [0.5, 0.6) is 11.6 Å². The highest BCUT2D eigenvalue weighted by atomic mass is 16.5. The maximum absolute atomic E-state index is 5.89. The monoisotopic (exact) mass is 268 g/mol. The highest BCUT2D eigenvalue weighted by Gasteiger charge is 2.11. The van der Waals surface area contributed by atoms with Crippen LogP contribution in [0, 0.1) is 0 Å². The van der Waals surface area contributed by atoms with E-state index in [1.165, 1.54) is 36.0 Å². The van der Waals surface area contributed by atoms with Gasteiger partial charge in [0, 0.05) is 18.8 Å².